The summed E-state index contributed by atoms with van der Waals surface area (Å²) in [5.41, 5.74) is 3.95. The van der Waals surface area contributed by atoms with Gasteiger partial charge in [-0.2, -0.15) is 0 Å². The number of amides is 2. The van der Waals surface area contributed by atoms with Crippen molar-refractivity contribution >= 4 is 23.7 Å². The molecule has 2 aromatic rings. The molecule has 6 heteroatoms. The zero-order valence-electron chi connectivity index (χ0n) is 15.0. The van der Waals surface area contributed by atoms with Crippen molar-refractivity contribution in [3.05, 3.63) is 65.2 Å². The highest BCUT2D eigenvalue weighted by molar-refractivity contribution is 6.31. The first-order valence-corrected chi connectivity index (χ1v) is 8.39. The second-order valence-electron chi connectivity index (χ2n) is 5.90. The Bertz CT molecular complexity index is 773. The van der Waals surface area contributed by atoms with Crippen LogP contribution in [-0.4, -0.2) is 31.2 Å². The van der Waals surface area contributed by atoms with Crippen LogP contribution in [0.25, 0.3) is 0 Å². The van der Waals surface area contributed by atoms with Crippen LogP contribution in [0.15, 0.2) is 53.7 Å². The molecule has 0 saturated carbocycles. The molecule has 6 nitrogen and oxygen atoms in total. The molecule has 2 aromatic carbocycles. The Morgan fingerprint density at radius 1 is 1.12 bits per heavy atom. The first-order chi connectivity index (χ1) is 12.5. The topological polar surface area (TPSA) is 79.8 Å². The molecule has 0 radical (unpaired) electrons. The first-order valence-electron chi connectivity index (χ1n) is 8.39. The van der Waals surface area contributed by atoms with Crippen LogP contribution in [0, 0.1) is 13.8 Å². The Balaban J connectivity index is 1.64. The minimum Gasteiger partial charge on any atom is -0.386 e. The maximum Gasteiger partial charge on any atom is 0.270 e. The average Bonchev–Trinajstić information content (AvgIpc) is 2.62. The monoisotopic (exact) mass is 353 g/mol. The molecular weight excluding hydrogens is 330 g/mol. The van der Waals surface area contributed by atoms with Gasteiger partial charge in [0.1, 0.15) is 6.21 Å². The molecule has 2 N–H and O–H groups in total. The molecule has 0 aromatic heterocycles. The highest BCUT2D eigenvalue weighted by Crippen LogP contribution is 2.15. The van der Waals surface area contributed by atoms with Gasteiger partial charge in [0, 0.05) is 12.2 Å². The molecular formula is C20H23N3O3. The largest absolute Gasteiger partial charge is 0.386 e. The van der Waals surface area contributed by atoms with E-state index in [-0.39, 0.29) is 12.5 Å². The molecule has 0 aliphatic heterocycles. The van der Waals surface area contributed by atoms with Gasteiger partial charge in [-0.1, -0.05) is 53.2 Å². The molecule has 0 unspecified atom stereocenters. The van der Waals surface area contributed by atoms with E-state index in [9.17, 15) is 9.59 Å². The fourth-order valence-corrected chi connectivity index (χ4v) is 2.34. The van der Waals surface area contributed by atoms with Crippen LogP contribution in [0.5, 0.6) is 0 Å². The van der Waals surface area contributed by atoms with E-state index in [4.69, 9.17) is 4.84 Å². The van der Waals surface area contributed by atoms with Crippen molar-refractivity contribution in [2.45, 2.75) is 20.3 Å². The molecule has 2 rings (SSSR count). The predicted octanol–water partition coefficient (Wildman–Crippen LogP) is 2.60. The molecule has 136 valence electrons. The van der Waals surface area contributed by atoms with Gasteiger partial charge in [-0.15, -0.1) is 0 Å². The van der Waals surface area contributed by atoms with Gasteiger partial charge in [0.2, 0.25) is 0 Å². The Labute approximate surface area is 153 Å². The Morgan fingerprint density at radius 2 is 1.88 bits per heavy atom. The van der Waals surface area contributed by atoms with E-state index in [1.54, 1.807) is 0 Å². The first kappa shape index (κ1) is 19.2. The average molecular weight is 353 g/mol. The van der Waals surface area contributed by atoms with Crippen LogP contribution in [0.1, 0.15) is 16.7 Å². The number of aryl methyl sites for hydroxylation is 2. The van der Waals surface area contributed by atoms with E-state index >= 15 is 0 Å². The summed E-state index contributed by atoms with van der Waals surface area (Å²) in [6, 6.07) is 15.6. The van der Waals surface area contributed by atoms with E-state index < -0.39 is 5.91 Å². The van der Waals surface area contributed by atoms with Crippen molar-refractivity contribution in [1.82, 2.24) is 5.32 Å². The highest BCUT2D eigenvalue weighted by atomic mass is 16.6. The summed E-state index contributed by atoms with van der Waals surface area (Å²) in [5, 5.41) is 8.97. The van der Waals surface area contributed by atoms with E-state index in [1.807, 2.05) is 62.4 Å². The van der Waals surface area contributed by atoms with E-state index in [1.165, 1.54) is 0 Å². The van der Waals surface area contributed by atoms with Crippen molar-refractivity contribution in [2.75, 3.05) is 18.5 Å². The lowest BCUT2D eigenvalue weighted by molar-refractivity contribution is -0.125. The van der Waals surface area contributed by atoms with Gasteiger partial charge in [-0.3, -0.25) is 9.59 Å². The van der Waals surface area contributed by atoms with Gasteiger partial charge in [0.25, 0.3) is 11.8 Å². The second kappa shape index (κ2) is 9.98. The number of carbonyl (C=O) groups excluding carboxylic acids is 2. The van der Waals surface area contributed by atoms with Crippen molar-refractivity contribution in [1.29, 1.82) is 0 Å². The molecule has 0 aliphatic carbocycles. The van der Waals surface area contributed by atoms with E-state index in [0.717, 1.165) is 29.3 Å². The zero-order chi connectivity index (χ0) is 18.8. The van der Waals surface area contributed by atoms with Crippen LogP contribution in [0.2, 0.25) is 0 Å². The van der Waals surface area contributed by atoms with Gasteiger partial charge < -0.3 is 15.5 Å². The van der Waals surface area contributed by atoms with Gasteiger partial charge in [-0.05, 0) is 37.5 Å². The third-order valence-corrected chi connectivity index (χ3v) is 3.66. The van der Waals surface area contributed by atoms with Gasteiger partial charge in [0.05, 0.1) is 0 Å². The number of hydrogen-bond acceptors (Lipinski definition) is 4. The predicted molar refractivity (Wildman–Crippen MR) is 102 cm³/mol. The quantitative estimate of drug-likeness (QED) is 0.565. The number of hydrogen-bond donors (Lipinski definition) is 2. The molecule has 0 aliphatic rings. The lowest BCUT2D eigenvalue weighted by Gasteiger charge is -2.06. The van der Waals surface area contributed by atoms with Crippen molar-refractivity contribution in [3.63, 3.8) is 0 Å². The summed E-state index contributed by atoms with van der Waals surface area (Å²) < 4.78 is 0. The summed E-state index contributed by atoms with van der Waals surface area (Å²) in [4.78, 5) is 28.3. The minimum absolute atomic E-state index is 0.234. The Morgan fingerprint density at radius 3 is 2.62 bits per heavy atom. The summed E-state index contributed by atoms with van der Waals surface area (Å²) in [7, 11) is 0. The molecule has 0 saturated heterocycles. The third kappa shape index (κ3) is 6.76. The van der Waals surface area contributed by atoms with Crippen LogP contribution in [0.4, 0.5) is 5.69 Å². The van der Waals surface area contributed by atoms with Crippen molar-refractivity contribution in [2.24, 2.45) is 5.16 Å². The number of nitrogens with zero attached hydrogens (tertiary/aromatic N) is 1. The van der Waals surface area contributed by atoms with Crippen molar-refractivity contribution in [3.8, 4) is 0 Å². The van der Waals surface area contributed by atoms with Crippen LogP contribution in [-0.2, 0) is 20.8 Å². The van der Waals surface area contributed by atoms with Crippen molar-refractivity contribution < 1.29 is 14.4 Å². The number of carbonyl (C=O) groups is 2. The van der Waals surface area contributed by atoms with Crippen LogP contribution >= 0.6 is 0 Å². The minimum atomic E-state index is -0.415. The third-order valence-electron chi connectivity index (χ3n) is 3.66. The summed E-state index contributed by atoms with van der Waals surface area (Å²) >= 11 is 0. The maximum absolute atomic E-state index is 11.8. The smallest absolute Gasteiger partial charge is 0.270 e. The van der Waals surface area contributed by atoms with Gasteiger partial charge in [-0.25, -0.2) is 0 Å². The van der Waals surface area contributed by atoms with E-state index in [0.29, 0.717) is 12.2 Å². The lowest BCUT2D eigenvalue weighted by Crippen LogP contribution is -2.29. The lowest BCUT2D eigenvalue weighted by atomic mass is 10.1. The molecule has 2 amide bonds. The van der Waals surface area contributed by atoms with Gasteiger partial charge in [0.15, 0.2) is 6.61 Å². The molecule has 0 spiro atoms. The van der Waals surface area contributed by atoms with Crippen LogP contribution in [0.3, 0.4) is 0 Å². The number of rotatable bonds is 8. The number of anilines is 1. The molecule has 0 atom stereocenters. The number of oxime groups is 1. The molecule has 0 bridgehead atoms. The SMILES string of the molecule is Cc1ccc(NC(=O)/C=N\OCC(=O)NCCc2ccccc2)c(C)c1. The standard InChI is InChI=1S/C20H23N3O3/c1-15-8-9-18(16(2)12-15)23-19(24)13-22-26-14-20(25)21-11-10-17-6-4-3-5-7-17/h3-9,12-13H,10-11,14H2,1-2H3,(H,21,25)(H,23,24)/b22-13-. The fraction of sp³-hybridized carbons (Fsp3) is 0.250. The second-order valence-corrected chi connectivity index (χ2v) is 5.90. The summed E-state index contributed by atoms with van der Waals surface area (Å²) in [6.45, 7) is 4.18. The molecule has 0 fully saturated rings. The fourth-order valence-electron chi connectivity index (χ4n) is 2.34. The van der Waals surface area contributed by atoms with E-state index in [2.05, 4.69) is 15.8 Å². The zero-order valence-corrected chi connectivity index (χ0v) is 15.0. The highest BCUT2D eigenvalue weighted by Gasteiger charge is 2.04. The number of nitrogens with one attached hydrogen (secondary N) is 2. The molecule has 26 heavy (non-hydrogen) atoms. The maximum atomic E-state index is 11.8. The molecule has 0 heterocycles. The normalized spacial score (nSPS) is 10.5. The van der Waals surface area contributed by atoms with Crippen LogP contribution < -0.4 is 10.6 Å². The Kier molecular flexibility index (Phi) is 7.36. The summed E-state index contributed by atoms with van der Waals surface area (Å²) in [6.07, 6.45) is 1.75. The number of benzene rings is 2. The van der Waals surface area contributed by atoms with Gasteiger partial charge >= 0.3 is 0 Å². The summed E-state index contributed by atoms with van der Waals surface area (Å²) in [5.74, 6) is -0.700. The Hall–Kier alpha value is -3.15.